The quantitative estimate of drug-likeness (QED) is 0.357. The van der Waals surface area contributed by atoms with E-state index >= 15 is 0 Å². The van der Waals surface area contributed by atoms with E-state index in [0.29, 0.717) is 0 Å². The van der Waals surface area contributed by atoms with Crippen molar-refractivity contribution in [1.29, 1.82) is 0 Å². The van der Waals surface area contributed by atoms with E-state index in [2.05, 4.69) is 26.2 Å². The fraction of sp³-hybridized carbons (Fsp3) is 0.765. The Balaban J connectivity index is 3.06. The Kier molecular flexibility index (Phi) is 9.10. The summed E-state index contributed by atoms with van der Waals surface area (Å²) in [6.45, 7) is 8.51. The summed E-state index contributed by atoms with van der Waals surface area (Å²) in [4.78, 5) is 16.4. The summed E-state index contributed by atoms with van der Waals surface area (Å²) < 4.78 is 5.67. The molecule has 0 unspecified atom stereocenters. The third-order valence-corrected chi connectivity index (χ3v) is 21.0. The molecule has 0 aliphatic carbocycles. The van der Waals surface area contributed by atoms with Gasteiger partial charge in [-0.15, -0.1) is 0 Å². The molecule has 0 spiro atoms. The van der Waals surface area contributed by atoms with Crippen molar-refractivity contribution < 1.29 is 4.79 Å². The zero-order valence-electron chi connectivity index (χ0n) is 14.2. The third kappa shape index (κ3) is 5.66. The molecule has 1 aromatic heterocycles. The first kappa shape index (κ1) is 19.1. The van der Waals surface area contributed by atoms with Crippen LogP contribution < -0.4 is 3.71 Å². The van der Waals surface area contributed by atoms with Crippen molar-refractivity contribution in [1.82, 2.24) is 4.98 Å². The number of nitrogens with zero attached hydrogens (tertiary/aromatic N) is 1. The topological polar surface area (TPSA) is 30.0 Å². The molecule has 0 atom stereocenters. The second-order valence-electron chi connectivity index (χ2n) is 6.19. The molecular formula is C17H31NOSSn. The molecule has 0 amide bonds. The van der Waals surface area contributed by atoms with Crippen LogP contribution in [0.3, 0.4) is 0 Å². The minimum absolute atomic E-state index is 0.132. The van der Waals surface area contributed by atoms with Crippen LogP contribution in [0.5, 0.6) is 0 Å². The SMILES string of the molecule is CCC[CH2][Sn]([CH2]CCC)([CH2]CCC)[c]1csc(C(C)=O)n1. The number of aromatic nitrogens is 1. The van der Waals surface area contributed by atoms with Gasteiger partial charge in [-0.1, -0.05) is 0 Å². The fourth-order valence-corrected chi connectivity index (χ4v) is 20.9. The number of Topliss-reactive ketones (excluding diaryl/α,β-unsaturated/α-hetero) is 1. The molecule has 0 aliphatic heterocycles. The van der Waals surface area contributed by atoms with Crippen molar-refractivity contribution in [2.75, 3.05) is 0 Å². The Hall–Kier alpha value is 0.0987. The molecule has 0 bridgehead atoms. The maximum absolute atomic E-state index is 11.6. The van der Waals surface area contributed by atoms with Crippen molar-refractivity contribution in [3.63, 3.8) is 0 Å². The summed E-state index contributed by atoms with van der Waals surface area (Å²) in [7, 11) is 0. The summed E-state index contributed by atoms with van der Waals surface area (Å²) in [5, 5.41) is 2.98. The molecule has 4 heteroatoms. The standard InChI is InChI=1S/C5H4NOS.3C4H9.Sn/c1-4(7)5-6-2-3-8-5;3*1-3-4-2;/h3H,1H3;3*1,3-4H2,2H3;. The zero-order valence-corrected chi connectivity index (χ0v) is 17.9. The van der Waals surface area contributed by atoms with Crippen LogP contribution in [0, 0.1) is 0 Å². The normalized spacial score (nSPS) is 11.8. The number of unbranched alkanes of at least 4 members (excludes halogenated alkanes) is 3. The van der Waals surface area contributed by atoms with Gasteiger partial charge >= 0.3 is 139 Å². The van der Waals surface area contributed by atoms with Crippen LogP contribution in [-0.2, 0) is 0 Å². The molecule has 0 aliphatic rings. The van der Waals surface area contributed by atoms with Crippen LogP contribution in [0.2, 0.25) is 13.3 Å². The first-order valence-electron chi connectivity index (χ1n) is 8.56. The van der Waals surface area contributed by atoms with E-state index in [1.807, 2.05) is 0 Å². The summed E-state index contributed by atoms with van der Waals surface area (Å²) in [6.07, 6.45) is 7.87. The van der Waals surface area contributed by atoms with Gasteiger partial charge in [-0.25, -0.2) is 0 Å². The van der Waals surface area contributed by atoms with Gasteiger partial charge in [0.1, 0.15) is 0 Å². The maximum atomic E-state index is 11.6. The van der Waals surface area contributed by atoms with E-state index in [1.165, 1.54) is 55.5 Å². The second kappa shape index (κ2) is 9.98. The molecule has 0 aromatic carbocycles. The van der Waals surface area contributed by atoms with Crippen LogP contribution in [0.4, 0.5) is 0 Å². The molecule has 2 nitrogen and oxygen atoms in total. The zero-order chi connectivity index (χ0) is 15.7. The van der Waals surface area contributed by atoms with Crippen LogP contribution >= 0.6 is 11.3 Å². The van der Waals surface area contributed by atoms with Gasteiger partial charge in [-0.2, -0.15) is 0 Å². The Labute approximate surface area is 138 Å². The Bertz CT molecular complexity index is 408. The molecule has 0 saturated heterocycles. The van der Waals surface area contributed by atoms with Gasteiger partial charge in [-0.05, 0) is 0 Å². The molecule has 120 valence electrons. The minimum atomic E-state index is -2.39. The number of thiazole rings is 1. The molecule has 0 fully saturated rings. The van der Waals surface area contributed by atoms with E-state index in [0.717, 1.165) is 5.01 Å². The van der Waals surface area contributed by atoms with Crippen molar-refractivity contribution in [3.8, 4) is 0 Å². The fourth-order valence-electron chi connectivity index (χ4n) is 2.98. The molecule has 0 saturated carbocycles. The van der Waals surface area contributed by atoms with E-state index in [1.54, 1.807) is 18.3 Å². The second-order valence-corrected chi connectivity index (χ2v) is 20.1. The number of hydrogen-bond acceptors (Lipinski definition) is 3. The molecule has 0 N–H and O–H groups in total. The molecule has 1 aromatic rings. The van der Waals surface area contributed by atoms with Crippen LogP contribution in [0.1, 0.15) is 76.0 Å². The summed E-state index contributed by atoms with van der Waals surface area (Å²) >= 11 is -0.813. The Morgan fingerprint density at radius 1 is 1.05 bits per heavy atom. The predicted molar refractivity (Wildman–Crippen MR) is 96.7 cm³/mol. The van der Waals surface area contributed by atoms with E-state index in [4.69, 9.17) is 4.98 Å². The number of carbonyl (C=O) groups is 1. The summed E-state index contributed by atoms with van der Waals surface area (Å²) in [5.41, 5.74) is 0. The number of ketones is 1. The molecular weight excluding hydrogens is 385 g/mol. The summed E-state index contributed by atoms with van der Waals surface area (Å²) in [6, 6.07) is 0. The monoisotopic (exact) mass is 417 g/mol. The van der Waals surface area contributed by atoms with Crippen molar-refractivity contribution in [2.24, 2.45) is 0 Å². The van der Waals surface area contributed by atoms with E-state index < -0.39 is 18.4 Å². The summed E-state index contributed by atoms with van der Waals surface area (Å²) in [5.74, 6) is 0.132. The van der Waals surface area contributed by atoms with Gasteiger partial charge in [-0.3, -0.25) is 0 Å². The van der Waals surface area contributed by atoms with Crippen LogP contribution in [-0.4, -0.2) is 29.1 Å². The third-order valence-electron chi connectivity index (χ3n) is 4.38. The Morgan fingerprint density at radius 2 is 1.52 bits per heavy atom. The number of carbonyl (C=O) groups excluding carboxylic acids is 1. The first-order valence-corrected chi connectivity index (χ1v) is 16.9. The number of hydrogen-bond donors (Lipinski definition) is 0. The van der Waals surface area contributed by atoms with Gasteiger partial charge in [0.2, 0.25) is 0 Å². The number of rotatable bonds is 11. The predicted octanol–water partition coefficient (Wildman–Crippen LogP) is 5.40. The van der Waals surface area contributed by atoms with Gasteiger partial charge in [0.15, 0.2) is 0 Å². The van der Waals surface area contributed by atoms with Crippen molar-refractivity contribution in [2.45, 2.75) is 79.5 Å². The van der Waals surface area contributed by atoms with E-state index in [9.17, 15) is 4.79 Å². The van der Waals surface area contributed by atoms with Crippen molar-refractivity contribution in [3.05, 3.63) is 10.4 Å². The van der Waals surface area contributed by atoms with Gasteiger partial charge in [0.25, 0.3) is 0 Å². The molecule has 0 radical (unpaired) electrons. The Morgan fingerprint density at radius 3 is 1.86 bits per heavy atom. The average Bonchev–Trinajstić information content (AvgIpc) is 2.97. The average molecular weight is 416 g/mol. The van der Waals surface area contributed by atoms with Crippen molar-refractivity contribution >= 4 is 39.2 Å². The van der Waals surface area contributed by atoms with Crippen LogP contribution in [0.15, 0.2) is 5.38 Å². The van der Waals surface area contributed by atoms with Gasteiger partial charge in [0, 0.05) is 0 Å². The molecule has 21 heavy (non-hydrogen) atoms. The van der Waals surface area contributed by atoms with Gasteiger partial charge < -0.3 is 0 Å². The molecule has 1 rings (SSSR count). The molecule has 1 heterocycles. The van der Waals surface area contributed by atoms with E-state index in [-0.39, 0.29) is 5.78 Å². The van der Waals surface area contributed by atoms with Gasteiger partial charge in [0.05, 0.1) is 0 Å². The van der Waals surface area contributed by atoms with Crippen LogP contribution in [0.25, 0.3) is 0 Å². The first-order chi connectivity index (χ1) is 10.1.